The maximum absolute atomic E-state index is 13.0. The predicted octanol–water partition coefficient (Wildman–Crippen LogP) is 5.60. The predicted molar refractivity (Wildman–Crippen MR) is 107 cm³/mol. The van der Waals surface area contributed by atoms with Gasteiger partial charge in [0.15, 0.2) is 5.78 Å². The summed E-state index contributed by atoms with van der Waals surface area (Å²) in [5.41, 5.74) is 3.28. The monoisotopic (exact) mass is 380 g/mol. The molecule has 0 amide bonds. The SMILES string of the molecule is CC1=C(C#N)[C@H](c2ccc(-c3cccs3)s2)C2=C(CC(C)(C)CC2=O)N1. The molecule has 1 N–H and O–H groups in total. The van der Waals surface area contributed by atoms with Crippen molar-refractivity contribution in [2.75, 3.05) is 0 Å². The first-order chi connectivity index (χ1) is 12.4. The molecule has 0 fully saturated rings. The van der Waals surface area contributed by atoms with E-state index in [2.05, 4.69) is 48.8 Å². The largest absolute Gasteiger partial charge is 0.361 e. The summed E-state index contributed by atoms with van der Waals surface area (Å²) in [5, 5.41) is 15.2. The molecule has 0 saturated heterocycles. The van der Waals surface area contributed by atoms with Crippen molar-refractivity contribution >= 4 is 28.5 Å². The summed E-state index contributed by atoms with van der Waals surface area (Å²) in [6.45, 7) is 6.20. The van der Waals surface area contributed by atoms with Crippen LogP contribution in [0.3, 0.4) is 0 Å². The van der Waals surface area contributed by atoms with E-state index in [9.17, 15) is 10.1 Å². The summed E-state index contributed by atoms with van der Waals surface area (Å²) in [6, 6.07) is 10.7. The zero-order chi connectivity index (χ0) is 18.5. The van der Waals surface area contributed by atoms with Crippen LogP contribution in [0.4, 0.5) is 0 Å². The van der Waals surface area contributed by atoms with Gasteiger partial charge in [-0.3, -0.25) is 4.79 Å². The van der Waals surface area contributed by atoms with Gasteiger partial charge in [0.2, 0.25) is 0 Å². The van der Waals surface area contributed by atoms with Gasteiger partial charge in [-0.25, -0.2) is 0 Å². The van der Waals surface area contributed by atoms with Gasteiger partial charge in [-0.2, -0.15) is 5.26 Å². The molecule has 2 aliphatic rings. The molecule has 3 nitrogen and oxygen atoms in total. The van der Waals surface area contributed by atoms with Gasteiger partial charge in [0.1, 0.15) is 0 Å². The van der Waals surface area contributed by atoms with Crippen LogP contribution in [0.5, 0.6) is 0 Å². The summed E-state index contributed by atoms with van der Waals surface area (Å²) in [7, 11) is 0. The number of nitrogens with zero attached hydrogens (tertiary/aromatic N) is 1. The Bertz CT molecular complexity index is 984. The van der Waals surface area contributed by atoms with E-state index in [1.54, 1.807) is 22.7 Å². The number of nitrogens with one attached hydrogen (secondary N) is 1. The van der Waals surface area contributed by atoms with Crippen molar-refractivity contribution in [1.29, 1.82) is 5.26 Å². The summed E-state index contributed by atoms with van der Waals surface area (Å²) in [4.78, 5) is 16.5. The minimum absolute atomic E-state index is 0.0462. The first-order valence-corrected chi connectivity index (χ1v) is 10.4. The molecule has 0 bridgehead atoms. The standard InChI is InChI=1S/C21H20N2OS2/c1-12-13(11-22)19(18-7-6-17(26-18)16-5-4-8-25-16)20-14(23-12)9-21(2,3)10-15(20)24/h4-8,19,23H,9-10H2,1-3H3/t19-/m1/s1. The van der Waals surface area contributed by atoms with E-state index in [0.717, 1.165) is 28.3 Å². The number of ketones is 1. The van der Waals surface area contributed by atoms with Crippen LogP contribution >= 0.6 is 22.7 Å². The van der Waals surface area contributed by atoms with Crippen molar-refractivity contribution in [3.63, 3.8) is 0 Å². The molecule has 1 aliphatic carbocycles. The fourth-order valence-electron chi connectivity index (χ4n) is 3.93. The van der Waals surface area contributed by atoms with E-state index < -0.39 is 0 Å². The second kappa shape index (κ2) is 6.22. The molecule has 1 aliphatic heterocycles. The maximum Gasteiger partial charge on any atom is 0.162 e. The molecular weight excluding hydrogens is 360 g/mol. The van der Waals surface area contributed by atoms with Gasteiger partial charge in [0, 0.05) is 38.0 Å². The molecule has 2 aromatic rings. The average molecular weight is 381 g/mol. The molecule has 0 spiro atoms. The summed E-state index contributed by atoms with van der Waals surface area (Å²) >= 11 is 3.40. The Labute approximate surface area is 161 Å². The highest BCUT2D eigenvalue weighted by molar-refractivity contribution is 7.21. The highest BCUT2D eigenvalue weighted by Gasteiger charge is 2.41. The van der Waals surface area contributed by atoms with Crippen molar-refractivity contribution in [1.82, 2.24) is 5.32 Å². The number of carbonyl (C=O) groups is 1. The van der Waals surface area contributed by atoms with E-state index in [1.165, 1.54) is 9.75 Å². The van der Waals surface area contributed by atoms with Gasteiger partial charge >= 0.3 is 0 Å². The van der Waals surface area contributed by atoms with Crippen molar-refractivity contribution < 1.29 is 4.79 Å². The van der Waals surface area contributed by atoms with E-state index >= 15 is 0 Å². The molecule has 132 valence electrons. The lowest BCUT2D eigenvalue weighted by Gasteiger charge is -2.38. The van der Waals surface area contributed by atoms with Gasteiger partial charge < -0.3 is 5.32 Å². The third-order valence-corrected chi connectivity index (χ3v) is 7.25. The van der Waals surface area contributed by atoms with Crippen LogP contribution in [0.2, 0.25) is 0 Å². The van der Waals surface area contributed by atoms with Crippen LogP contribution in [-0.2, 0) is 4.79 Å². The van der Waals surface area contributed by atoms with Crippen molar-refractivity contribution in [2.45, 2.75) is 39.5 Å². The molecule has 0 saturated carbocycles. The number of thiophene rings is 2. The normalized spacial score (nSPS) is 22.1. The molecule has 1 atom stereocenters. The molecule has 4 rings (SSSR count). The van der Waals surface area contributed by atoms with Crippen molar-refractivity contribution in [2.24, 2.45) is 5.41 Å². The Hall–Kier alpha value is -2.16. The molecular formula is C21H20N2OS2. The molecule has 26 heavy (non-hydrogen) atoms. The lowest BCUT2D eigenvalue weighted by atomic mass is 9.70. The quantitative estimate of drug-likeness (QED) is 0.737. The summed E-state index contributed by atoms with van der Waals surface area (Å²) in [5.74, 6) is -0.0707. The smallest absolute Gasteiger partial charge is 0.162 e. The van der Waals surface area contributed by atoms with Gasteiger partial charge in [-0.05, 0) is 42.3 Å². The number of dihydropyridines is 1. The lowest BCUT2D eigenvalue weighted by molar-refractivity contribution is -0.118. The van der Waals surface area contributed by atoms with Gasteiger partial charge in [-0.15, -0.1) is 22.7 Å². The fourth-order valence-corrected chi connectivity index (χ4v) is 5.89. The number of nitriles is 1. The first kappa shape index (κ1) is 17.3. The van der Waals surface area contributed by atoms with Crippen LogP contribution < -0.4 is 5.32 Å². The maximum atomic E-state index is 13.0. The number of Topliss-reactive ketones (excluding diaryl/α,β-unsaturated/α-hetero) is 1. The van der Waals surface area contributed by atoms with E-state index in [0.29, 0.717) is 12.0 Å². The van der Waals surface area contributed by atoms with E-state index in [4.69, 9.17) is 0 Å². The highest BCUT2D eigenvalue weighted by atomic mass is 32.1. The van der Waals surface area contributed by atoms with Crippen LogP contribution in [0.25, 0.3) is 9.75 Å². The number of rotatable bonds is 2. The Morgan fingerprint density at radius 1 is 1.23 bits per heavy atom. The van der Waals surface area contributed by atoms with Crippen LogP contribution in [0.1, 0.15) is 44.4 Å². The zero-order valence-electron chi connectivity index (χ0n) is 15.1. The highest BCUT2D eigenvalue weighted by Crippen LogP contribution is 2.48. The topological polar surface area (TPSA) is 52.9 Å². The Kier molecular flexibility index (Phi) is 4.13. The number of hydrogen-bond donors (Lipinski definition) is 1. The van der Waals surface area contributed by atoms with Crippen molar-refractivity contribution in [3.8, 4) is 15.8 Å². The third-order valence-electron chi connectivity index (χ3n) is 5.04. The van der Waals surface area contributed by atoms with Crippen LogP contribution in [-0.4, -0.2) is 5.78 Å². The minimum Gasteiger partial charge on any atom is -0.361 e. The van der Waals surface area contributed by atoms with Gasteiger partial charge in [0.05, 0.1) is 17.6 Å². The fraction of sp³-hybridized carbons (Fsp3) is 0.333. The van der Waals surface area contributed by atoms with E-state index in [-0.39, 0.29) is 17.1 Å². The van der Waals surface area contributed by atoms with Crippen LogP contribution in [0, 0.1) is 16.7 Å². The minimum atomic E-state index is -0.237. The molecule has 3 heterocycles. The van der Waals surface area contributed by atoms with E-state index in [1.807, 2.05) is 13.0 Å². The average Bonchev–Trinajstić information content (AvgIpc) is 3.23. The molecule has 0 aromatic carbocycles. The van der Waals surface area contributed by atoms with Gasteiger partial charge in [-0.1, -0.05) is 19.9 Å². The Morgan fingerprint density at radius 2 is 2.04 bits per heavy atom. The Balaban J connectivity index is 1.83. The van der Waals surface area contributed by atoms with Crippen molar-refractivity contribution in [3.05, 3.63) is 57.1 Å². The van der Waals surface area contributed by atoms with Gasteiger partial charge in [0.25, 0.3) is 0 Å². The number of hydrogen-bond acceptors (Lipinski definition) is 5. The Morgan fingerprint density at radius 3 is 2.73 bits per heavy atom. The molecule has 2 aromatic heterocycles. The summed E-state index contributed by atoms with van der Waals surface area (Å²) < 4.78 is 0. The number of allylic oxidation sites excluding steroid dienone is 4. The molecule has 0 unspecified atom stereocenters. The number of carbonyl (C=O) groups excluding carboxylic acids is 1. The molecule has 0 radical (unpaired) electrons. The second-order valence-electron chi connectivity index (χ2n) is 7.72. The third kappa shape index (κ3) is 2.84. The summed E-state index contributed by atoms with van der Waals surface area (Å²) in [6.07, 6.45) is 1.37. The van der Waals surface area contributed by atoms with Crippen LogP contribution in [0.15, 0.2) is 52.2 Å². The lowest BCUT2D eigenvalue weighted by Crippen LogP contribution is -2.36. The molecule has 5 heteroatoms. The second-order valence-corrected chi connectivity index (χ2v) is 9.78. The first-order valence-electron chi connectivity index (χ1n) is 8.67. The zero-order valence-corrected chi connectivity index (χ0v) is 16.7.